The number of nitrogens with zero attached hydrogens (tertiary/aromatic N) is 2. The van der Waals surface area contributed by atoms with Crippen molar-refractivity contribution >= 4 is 21.9 Å². The fraction of sp³-hybridized carbons (Fsp3) is 0.692. The molecule has 18 heavy (non-hydrogen) atoms. The second-order valence-electron chi connectivity index (χ2n) is 4.82. The van der Waals surface area contributed by atoms with Crippen molar-refractivity contribution in [3.8, 4) is 5.88 Å². The first-order chi connectivity index (χ1) is 8.72. The minimum atomic E-state index is 0.499. The van der Waals surface area contributed by atoms with E-state index in [0.717, 1.165) is 10.4 Å². The summed E-state index contributed by atoms with van der Waals surface area (Å²) in [5, 5.41) is 3.40. The minimum Gasteiger partial charge on any atom is -0.480 e. The summed E-state index contributed by atoms with van der Waals surface area (Å²) in [6.45, 7) is 2.28. The van der Waals surface area contributed by atoms with E-state index in [1.54, 1.807) is 13.3 Å². The zero-order valence-electron chi connectivity index (χ0n) is 10.9. The van der Waals surface area contributed by atoms with Gasteiger partial charge in [0.05, 0.1) is 17.8 Å². The van der Waals surface area contributed by atoms with E-state index in [-0.39, 0.29) is 0 Å². The van der Waals surface area contributed by atoms with E-state index in [2.05, 4.69) is 38.1 Å². The predicted molar refractivity (Wildman–Crippen MR) is 75.9 cm³/mol. The van der Waals surface area contributed by atoms with Crippen LogP contribution in [0.2, 0.25) is 0 Å². The molecule has 1 heterocycles. The molecule has 0 aromatic carbocycles. The molecule has 1 saturated carbocycles. The van der Waals surface area contributed by atoms with Crippen LogP contribution in [-0.2, 0) is 0 Å². The van der Waals surface area contributed by atoms with Crippen molar-refractivity contribution in [2.75, 3.05) is 12.4 Å². The van der Waals surface area contributed by atoms with Crippen LogP contribution in [-0.4, -0.2) is 23.1 Å². The number of rotatable bonds is 4. The van der Waals surface area contributed by atoms with Crippen LogP contribution in [0, 0.1) is 5.92 Å². The van der Waals surface area contributed by atoms with Crippen LogP contribution in [0.1, 0.15) is 39.0 Å². The lowest BCUT2D eigenvalue weighted by molar-refractivity contribution is 0.329. The standard InChI is InChI=1S/C13H20BrN3O/c1-3-9-4-6-10(7-5-9)16-13-15-8-11(14)12(17-13)18-2/h8-10H,3-7H2,1-2H3,(H,15,16,17). The summed E-state index contributed by atoms with van der Waals surface area (Å²) in [5.41, 5.74) is 0. The van der Waals surface area contributed by atoms with E-state index < -0.39 is 0 Å². The molecule has 0 unspecified atom stereocenters. The zero-order valence-corrected chi connectivity index (χ0v) is 12.5. The normalized spacial score (nSPS) is 23.7. The van der Waals surface area contributed by atoms with Crippen molar-refractivity contribution in [3.63, 3.8) is 0 Å². The van der Waals surface area contributed by atoms with E-state index in [1.807, 2.05) is 0 Å². The van der Waals surface area contributed by atoms with Crippen molar-refractivity contribution < 1.29 is 4.74 Å². The molecule has 1 aromatic rings. The molecule has 0 amide bonds. The number of methoxy groups -OCH3 is 1. The molecule has 1 aliphatic carbocycles. The number of anilines is 1. The fourth-order valence-corrected chi connectivity index (χ4v) is 2.81. The number of halogens is 1. The number of aromatic nitrogens is 2. The zero-order chi connectivity index (χ0) is 13.0. The lowest BCUT2D eigenvalue weighted by Gasteiger charge is -2.28. The van der Waals surface area contributed by atoms with Gasteiger partial charge < -0.3 is 10.1 Å². The van der Waals surface area contributed by atoms with Crippen molar-refractivity contribution in [3.05, 3.63) is 10.7 Å². The highest BCUT2D eigenvalue weighted by atomic mass is 79.9. The Bertz CT molecular complexity index is 392. The van der Waals surface area contributed by atoms with E-state index in [0.29, 0.717) is 17.9 Å². The van der Waals surface area contributed by atoms with Crippen LogP contribution in [0.5, 0.6) is 5.88 Å². The van der Waals surface area contributed by atoms with Gasteiger partial charge in [-0.15, -0.1) is 0 Å². The molecule has 0 bridgehead atoms. The summed E-state index contributed by atoms with van der Waals surface area (Å²) in [6, 6.07) is 0.499. The van der Waals surface area contributed by atoms with Crippen LogP contribution < -0.4 is 10.1 Å². The summed E-state index contributed by atoms with van der Waals surface area (Å²) < 4.78 is 5.95. The quantitative estimate of drug-likeness (QED) is 0.922. The van der Waals surface area contributed by atoms with Crippen molar-refractivity contribution in [2.45, 2.75) is 45.1 Å². The summed E-state index contributed by atoms with van der Waals surface area (Å²) >= 11 is 3.36. The minimum absolute atomic E-state index is 0.499. The van der Waals surface area contributed by atoms with Gasteiger partial charge in [0.25, 0.3) is 0 Å². The van der Waals surface area contributed by atoms with Gasteiger partial charge in [-0.3, -0.25) is 0 Å². The van der Waals surface area contributed by atoms with Crippen LogP contribution in [0.3, 0.4) is 0 Å². The first-order valence-electron chi connectivity index (χ1n) is 6.56. The highest BCUT2D eigenvalue weighted by Gasteiger charge is 2.20. The Labute approximate surface area is 117 Å². The molecule has 1 aromatic heterocycles. The Hall–Kier alpha value is -0.840. The van der Waals surface area contributed by atoms with Gasteiger partial charge in [-0.25, -0.2) is 4.98 Å². The smallest absolute Gasteiger partial charge is 0.232 e. The summed E-state index contributed by atoms with van der Waals surface area (Å²) in [5.74, 6) is 2.15. The SMILES string of the molecule is CCC1CCC(Nc2ncc(Br)c(OC)n2)CC1. The maximum Gasteiger partial charge on any atom is 0.232 e. The van der Waals surface area contributed by atoms with Crippen molar-refractivity contribution in [2.24, 2.45) is 5.92 Å². The summed E-state index contributed by atoms with van der Waals surface area (Å²) in [7, 11) is 1.61. The lowest BCUT2D eigenvalue weighted by atomic mass is 9.85. The molecule has 1 N–H and O–H groups in total. The molecule has 0 radical (unpaired) electrons. The topological polar surface area (TPSA) is 47.0 Å². The van der Waals surface area contributed by atoms with E-state index in [4.69, 9.17) is 4.74 Å². The molecule has 1 fully saturated rings. The fourth-order valence-electron chi connectivity index (χ4n) is 2.46. The predicted octanol–water partition coefficient (Wildman–Crippen LogP) is 3.63. The Morgan fingerprint density at radius 3 is 2.72 bits per heavy atom. The Kier molecular flexibility index (Phi) is 4.80. The van der Waals surface area contributed by atoms with Crippen LogP contribution >= 0.6 is 15.9 Å². The molecule has 4 nitrogen and oxygen atoms in total. The third kappa shape index (κ3) is 3.34. The molecule has 0 saturated heterocycles. The van der Waals surface area contributed by atoms with Gasteiger partial charge in [-0.2, -0.15) is 4.98 Å². The van der Waals surface area contributed by atoms with Gasteiger partial charge in [-0.05, 0) is 47.5 Å². The Balaban J connectivity index is 1.94. The molecule has 5 heteroatoms. The number of nitrogens with one attached hydrogen (secondary N) is 1. The average Bonchev–Trinajstić information content (AvgIpc) is 2.42. The second kappa shape index (κ2) is 6.36. The van der Waals surface area contributed by atoms with Gasteiger partial charge in [0, 0.05) is 6.04 Å². The Morgan fingerprint density at radius 1 is 1.39 bits per heavy atom. The largest absolute Gasteiger partial charge is 0.480 e. The highest BCUT2D eigenvalue weighted by molar-refractivity contribution is 9.10. The Morgan fingerprint density at radius 2 is 2.11 bits per heavy atom. The number of hydrogen-bond donors (Lipinski definition) is 1. The van der Waals surface area contributed by atoms with Crippen molar-refractivity contribution in [1.29, 1.82) is 0 Å². The van der Waals surface area contributed by atoms with E-state index in [1.165, 1.54) is 32.1 Å². The van der Waals surface area contributed by atoms with Gasteiger partial charge in [0.15, 0.2) is 0 Å². The molecule has 0 aliphatic heterocycles. The first kappa shape index (κ1) is 13.6. The first-order valence-corrected chi connectivity index (χ1v) is 7.35. The molecule has 0 atom stereocenters. The van der Waals surface area contributed by atoms with Crippen LogP contribution in [0.4, 0.5) is 5.95 Å². The van der Waals surface area contributed by atoms with Crippen LogP contribution in [0.25, 0.3) is 0 Å². The number of hydrogen-bond acceptors (Lipinski definition) is 4. The van der Waals surface area contributed by atoms with Crippen LogP contribution in [0.15, 0.2) is 10.7 Å². The van der Waals surface area contributed by atoms with Gasteiger partial charge >= 0.3 is 0 Å². The molecule has 0 spiro atoms. The third-order valence-corrected chi connectivity index (χ3v) is 4.21. The van der Waals surface area contributed by atoms with Crippen molar-refractivity contribution in [1.82, 2.24) is 9.97 Å². The van der Waals surface area contributed by atoms with Gasteiger partial charge in [-0.1, -0.05) is 13.3 Å². The monoisotopic (exact) mass is 313 g/mol. The molecule has 1 aliphatic rings. The molecule has 100 valence electrons. The molecule has 2 rings (SSSR count). The average molecular weight is 314 g/mol. The van der Waals surface area contributed by atoms with Gasteiger partial charge in [0.2, 0.25) is 11.8 Å². The third-order valence-electron chi connectivity index (χ3n) is 3.66. The summed E-state index contributed by atoms with van der Waals surface area (Å²) in [6.07, 6.45) is 8.06. The van der Waals surface area contributed by atoms with E-state index in [9.17, 15) is 0 Å². The molecular weight excluding hydrogens is 294 g/mol. The highest BCUT2D eigenvalue weighted by Crippen LogP contribution is 2.28. The maximum absolute atomic E-state index is 5.17. The van der Waals surface area contributed by atoms with E-state index >= 15 is 0 Å². The lowest BCUT2D eigenvalue weighted by Crippen LogP contribution is -2.26. The maximum atomic E-state index is 5.17. The number of ether oxygens (including phenoxy) is 1. The summed E-state index contributed by atoms with van der Waals surface area (Å²) in [4.78, 5) is 8.60. The molecular formula is C13H20BrN3O. The van der Waals surface area contributed by atoms with Gasteiger partial charge in [0.1, 0.15) is 0 Å². The second-order valence-corrected chi connectivity index (χ2v) is 5.68.